The van der Waals surface area contributed by atoms with Crippen LogP contribution >= 0.6 is 23.4 Å². The van der Waals surface area contributed by atoms with Crippen LogP contribution in [-0.2, 0) is 11.2 Å². The van der Waals surface area contributed by atoms with Gasteiger partial charge in [0.25, 0.3) is 5.78 Å². The monoisotopic (exact) mass is 465 g/mol. The van der Waals surface area contributed by atoms with E-state index in [0.717, 1.165) is 28.9 Å². The molecule has 0 atom stereocenters. The number of anilines is 1. The third-order valence-electron chi connectivity index (χ3n) is 5.37. The summed E-state index contributed by atoms with van der Waals surface area (Å²) < 4.78 is 1.76. The highest BCUT2D eigenvalue weighted by Crippen LogP contribution is 2.24. The summed E-state index contributed by atoms with van der Waals surface area (Å²) in [5.41, 5.74) is 7.10. The molecule has 0 aliphatic carbocycles. The number of carbonyl (C=O) groups is 1. The Bertz CT molecular complexity index is 1320. The fourth-order valence-electron chi connectivity index (χ4n) is 3.59. The number of aryl methyl sites for hydroxylation is 3. The van der Waals surface area contributed by atoms with Crippen molar-refractivity contribution in [3.05, 3.63) is 81.1 Å². The summed E-state index contributed by atoms with van der Waals surface area (Å²) in [5, 5.41) is 8.62. The summed E-state index contributed by atoms with van der Waals surface area (Å²) in [6.07, 6.45) is 0.784. The van der Waals surface area contributed by atoms with Gasteiger partial charge in [-0.05, 0) is 56.5 Å². The number of hydrogen-bond donors (Lipinski definition) is 1. The van der Waals surface area contributed by atoms with Crippen LogP contribution in [0.25, 0.3) is 5.78 Å². The van der Waals surface area contributed by atoms with E-state index in [9.17, 15) is 4.79 Å². The highest BCUT2D eigenvalue weighted by Gasteiger charge is 2.15. The van der Waals surface area contributed by atoms with Crippen LogP contribution in [0, 0.1) is 27.7 Å². The molecular formula is C24H24ClN5OS. The second-order valence-electron chi connectivity index (χ2n) is 7.78. The van der Waals surface area contributed by atoms with E-state index >= 15 is 0 Å². The predicted molar refractivity (Wildman–Crippen MR) is 130 cm³/mol. The maximum Gasteiger partial charge on any atom is 0.253 e. The Morgan fingerprint density at radius 1 is 1.09 bits per heavy atom. The quantitative estimate of drug-likeness (QED) is 0.389. The zero-order valence-electron chi connectivity index (χ0n) is 18.4. The molecule has 6 nitrogen and oxygen atoms in total. The zero-order valence-corrected chi connectivity index (χ0v) is 20.0. The van der Waals surface area contributed by atoms with Crippen molar-refractivity contribution < 1.29 is 4.79 Å². The SMILES string of the molecule is Cc1cccc(Cc2c(C)nc3nc(SCC(=O)Nc4cccc(Cl)c4C)nn3c2C)c1. The van der Waals surface area contributed by atoms with Crippen molar-refractivity contribution in [1.82, 2.24) is 19.6 Å². The summed E-state index contributed by atoms with van der Waals surface area (Å²) in [6.45, 7) is 8.00. The van der Waals surface area contributed by atoms with E-state index in [2.05, 4.69) is 51.6 Å². The second-order valence-corrected chi connectivity index (χ2v) is 9.13. The van der Waals surface area contributed by atoms with Crippen molar-refractivity contribution in [2.45, 2.75) is 39.3 Å². The normalized spacial score (nSPS) is 11.2. The van der Waals surface area contributed by atoms with Crippen LogP contribution in [0.15, 0.2) is 47.6 Å². The van der Waals surface area contributed by atoms with Crippen molar-refractivity contribution in [3.8, 4) is 0 Å². The van der Waals surface area contributed by atoms with Gasteiger partial charge in [-0.1, -0.05) is 59.3 Å². The van der Waals surface area contributed by atoms with E-state index in [-0.39, 0.29) is 11.7 Å². The summed E-state index contributed by atoms with van der Waals surface area (Å²) in [5.74, 6) is 0.596. The molecule has 2 aromatic heterocycles. The first-order valence-electron chi connectivity index (χ1n) is 10.3. The maximum atomic E-state index is 12.4. The Morgan fingerprint density at radius 3 is 2.66 bits per heavy atom. The van der Waals surface area contributed by atoms with Gasteiger partial charge in [0.15, 0.2) is 0 Å². The Hall–Kier alpha value is -2.90. The Balaban J connectivity index is 1.50. The fourth-order valence-corrected chi connectivity index (χ4v) is 4.38. The number of halogens is 1. The topological polar surface area (TPSA) is 72.2 Å². The number of nitrogens with one attached hydrogen (secondary N) is 1. The van der Waals surface area contributed by atoms with Gasteiger partial charge in [-0.15, -0.1) is 5.10 Å². The van der Waals surface area contributed by atoms with Crippen LogP contribution < -0.4 is 5.32 Å². The molecular weight excluding hydrogens is 442 g/mol. The first-order chi connectivity index (χ1) is 15.3. The van der Waals surface area contributed by atoms with Gasteiger partial charge in [-0.25, -0.2) is 9.50 Å². The van der Waals surface area contributed by atoms with Gasteiger partial charge in [-0.3, -0.25) is 4.79 Å². The van der Waals surface area contributed by atoms with Crippen molar-refractivity contribution >= 4 is 40.7 Å². The van der Waals surface area contributed by atoms with Gasteiger partial charge in [0, 0.05) is 28.5 Å². The van der Waals surface area contributed by atoms with E-state index in [1.165, 1.54) is 22.9 Å². The van der Waals surface area contributed by atoms with E-state index in [1.807, 2.05) is 32.9 Å². The molecule has 0 aliphatic rings. The first kappa shape index (κ1) is 22.3. The minimum Gasteiger partial charge on any atom is -0.325 e. The Morgan fingerprint density at radius 2 is 1.88 bits per heavy atom. The van der Waals surface area contributed by atoms with Gasteiger partial charge in [0.2, 0.25) is 11.1 Å². The third-order valence-corrected chi connectivity index (χ3v) is 6.61. The first-order valence-corrected chi connectivity index (χ1v) is 11.6. The largest absolute Gasteiger partial charge is 0.325 e. The van der Waals surface area contributed by atoms with E-state index < -0.39 is 0 Å². The number of thioether (sulfide) groups is 1. The number of fused-ring (bicyclic) bond motifs is 1. The van der Waals surface area contributed by atoms with Crippen LogP contribution in [0.5, 0.6) is 0 Å². The van der Waals surface area contributed by atoms with Crippen LogP contribution in [0.1, 0.15) is 33.6 Å². The van der Waals surface area contributed by atoms with E-state index in [4.69, 9.17) is 11.6 Å². The van der Waals surface area contributed by atoms with Crippen LogP contribution in [0.4, 0.5) is 5.69 Å². The molecule has 0 radical (unpaired) electrons. The number of aromatic nitrogens is 4. The van der Waals surface area contributed by atoms with Crippen LogP contribution in [0.2, 0.25) is 5.02 Å². The fraction of sp³-hybridized carbons (Fsp3) is 0.250. The molecule has 1 amide bonds. The summed E-state index contributed by atoms with van der Waals surface area (Å²) >= 11 is 7.41. The molecule has 0 fully saturated rings. The Labute approximate surface area is 196 Å². The maximum absolute atomic E-state index is 12.4. The smallest absolute Gasteiger partial charge is 0.253 e. The van der Waals surface area contributed by atoms with Gasteiger partial charge in [0.1, 0.15) is 0 Å². The lowest BCUT2D eigenvalue weighted by molar-refractivity contribution is -0.113. The average molecular weight is 466 g/mol. The lowest BCUT2D eigenvalue weighted by atomic mass is 10.0. The molecule has 2 aromatic carbocycles. The summed E-state index contributed by atoms with van der Waals surface area (Å²) in [7, 11) is 0. The molecule has 8 heteroatoms. The predicted octanol–water partition coefficient (Wildman–Crippen LogP) is 5.33. The van der Waals surface area contributed by atoms with Gasteiger partial charge < -0.3 is 5.32 Å². The number of benzene rings is 2. The lowest BCUT2D eigenvalue weighted by Gasteiger charge is -2.10. The molecule has 0 unspecified atom stereocenters. The molecule has 4 rings (SSSR count). The van der Waals surface area contributed by atoms with Crippen molar-refractivity contribution in [1.29, 1.82) is 0 Å². The highest BCUT2D eigenvalue weighted by atomic mass is 35.5. The standard InChI is InChI=1S/C24H24ClN5OS/c1-14-7-5-8-18(11-14)12-19-16(3)26-23-28-24(29-30(23)17(19)4)32-13-22(31)27-21-10-6-9-20(25)15(21)2/h5-11H,12-13H2,1-4H3,(H,27,31). The Kier molecular flexibility index (Phi) is 6.48. The highest BCUT2D eigenvalue weighted by molar-refractivity contribution is 7.99. The van der Waals surface area contributed by atoms with Gasteiger partial charge >= 0.3 is 0 Å². The summed E-state index contributed by atoms with van der Waals surface area (Å²) in [4.78, 5) is 21.6. The number of nitrogens with zero attached hydrogens (tertiary/aromatic N) is 4. The van der Waals surface area contributed by atoms with Gasteiger partial charge in [-0.2, -0.15) is 4.98 Å². The zero-order chi connectivity index (χ0) is 22.8. The number of carbonyl (C=O) groups excluding carboxylic acids is 1. The molecule has 0 spiro atoms. The minimum atomic E-state index is -0.139. The lowest BCUT2D eigenvalue weighted by Crippen LogP contribution is -2.15. The summed E-state index contributed by atoms with van der Waals surface area (Å²) in [6, 6.07) is 13.9. The molecule has 2 heterocycles. The molecule has 0 saturated heterocycles. The average Bonchev–Trinajstić information content (AvgIpc) is 3.16. The van der Waals surface area contributed by atoms with Crippen molar-refractivity contribution in [2.24, 2.45) is 0 Å². The molecule has 32 heavy (non-hydrogen) atoms. The van der Waals surface area contributed by atoms with Gasteiger partial charge in [0.05, 0.1) is 5.75 Å². The van der Waals surface area contributed by atoms with E-state index in [1.54, 1.807) is 10.6 Å². The second kappa shape index (κ2) is 9.30. The molecule has 1 N–H and O–H groups in total. The number of rotatable bonds is 6. The molecule has 4 aromatic rings. The molecule has 0 bridgehead atoms. The van der Waals surface area contributed by atoms with Crippen molar-refractivity contribution in [2.75, 3.05) is 11.1 Å². The van der Waals surface area contributed by atoms with Crippen molar-refractivity contribution in [3.63, 3.8) is 0 Å². The molecule has 0 saturated carbocycles. The molecule has 164 valence electrons. The van der Waals surface area contributed by atoms with Crippen LogP contribution in [-0.4, -0.2) is 31.2 Å². The number of hydrogen-bond acceptors (Lipinski definition) is 5. The number of amides is 1. The third kappa shape index (κ3) is 4.79. The molecule has 0 aliphatic heterocycles. The van der Waals surface area contributed by atoms with E-state index in [0.29, 0.717) is 21.6 Å². The minimum absolute atomic E-state index is 0.139. The van der Waals surface area contributed by atoms with Crippen LogP contribution in [0.3, 0.4) is 0 Å².